The van der Waals surface area contributed by atoms with Gasteiger partial charge in [0.2, 0.25) is 0 Å². The van der Waals surface area contributed by atoms with Crippen LogP contribution in [0.3, 0.4) is 0 Å². The van der Waals surface area contributed by atoms with Gasteiger partial charge in [0.1, 0.15) is 5.75 Å². The van der Waals surface area contributed by atoms with Gasteiger partial charge in [-0.2, -0.15) is 5.10 Å². The average molecular weight is 253 g/mol. The highest BCUT2D eigenvalue weighted by molar-refractivity contribution is 6.17. The third kappa shape index (κ3) is 2.58. The summed E-state index contributed by atoms with van der Waals surface area (Å²) in [6, 6.07) is 5.41. The number of halogens is 1. The van der Waals surface area contributed by atoms with Gasteiger partial charge in [-0.25, -0.2) is 4.68 Å². The monoisotopic (exact) mass is 252 g/mol. The van der Waals surface area contributed by atoms with Gasteiger partial charge in [-0.1, -0.05) is 0 Å². The minimum absolute atomic E-state index is 0.120. The second kappa shape index (κ2) is 5.19. The lowest BCUT2D eigenvalue weighted by atomic mass is 10.2. The Morgan fingerprint density at radius 2 is 2.29 bits per heavy atom. The first-order valence-corrected chi connectivity index (χ1v) is 5.90. The van der Waals surface area contributed by atoms with E-state index in [9.17, 15) is 4.79 Å². The Hall–Kier alpha value is -1.55. The van der Waals surface area contributed by atoms with Gasteiger partial charge in [-0.15, -0.1) is 11.6 Å². The number of rotatable bonds is 4. The molecule has 0 N–H and O–H groups in total. The molecule has 0 spiro atoms. The van der Waals surface area contributed by atoms with Crippen molar-refractivity contribution in [2.75, 3.05) is 12.5 Å². The van der Waals surface area contributed by atoms with Crippen molar-refractivity contribution in [3.63, 3.8) is 0 Å². The van der Waals surface area contributed by atoms with Gasteiger partial charge >= 0.3 is 0 Å². The third-order valence-corrected chi connectivity index (χ3v) is 2.73. The van der Waals surface area contributed by atoms with Crippen molar-refractivity contribution in [3.05, 3.63) is 34.7 Å². The molecule has 2 aromatic rings. The van der Waals surface area contributed by atoms with E-state index in [1.54, 1.807) is 19.3 Å². The largest absolute Gasteiger partial charge is 0.494 e. The van der Waals surface area contributed by atoms with Crippen LogP contribution in [0.25, 0.3) is 10.8 Å². The van der Waals surface area contributed by atoms with Crippen LogP contribution in [0, 0.1) is 0 Å². The molecule has 0 saturated heterocycles. The van der Waals surface area contributed by atoms with Crippen LogP contribution in [0.5, 0.6) is 5.75 Å². The first-order valence-electron chi connectivity index (χ1n) is 5.37. The molecule has 2 rings (SSSR count). The van der Waals surface area contributed by atoms with E-state index in [0.29, 0.717) is 23.6 Å². The highest BCUT2D eigenvalue weighted by atomic mass is 35.5. The molecule has 5 heteroatoms. The van der Waals surface area contributed by atoms with Crippen LogP contribution in [-0.2, 0) is 7.05 Å². The minimum Gasteiger partial charge on any atom is -0.494 e. The molecular formula is C12H13ClN2O2. The molecule has 1 aromatic carbocycles. The van der Waals surface area contributed by atoms with E-state index < -0.39 is 0 Å². The van der Waals surface area contributed by atoms with Gasteiger partial charge in [-0.05, 0) is 24.6 Å². The molecule has 1 aromatic heterocycles. The topological polar surface area (TPSA) is 44.1 Å². The number of benzene rings is 1. The van der Waals surface area contributed by atoms with Crippen LogP contribution < -0.4 is 10.3 Å². The van der Waals surface area contributed by atoms with Crippen LogP contribution in [0.15, 0.2) is 29.2 Å². The molecule has 0 aliphatic rings. The number of fused-ring (bicyclic) bond motifs is 1. The molecule has 4 nitrogen and oxygen atoms in total. The first-order chi connectivity index (χ1) is 8.22. The second-order valence-corrected chi connectivity index (χ2v) is 4.09. The van der Waals surface area contributed by atoms with E-state index in [-0.39, 0.29) is 5.56 Å². The van der Waals surface area contributed by atoms with E-state index in [4.69, 9.17) is 16.3 Å². The van der Waals surface area contributed by atoms with Gasteiger partial charge in [-0.3, -0.25) is 4.79 Å². The summed E-state index contributed by atoms with van der Waals surface area (Å²) in [5.41, 5.74) is -0.120. The Labute approximate surface area is 104 Å². The number of alkyl halides is 1. The van der Waals surface area contributed by atoms with Crippen LogP contribution >= 0.6 is 11.6 Å². The lowest BCUT2D eigenvalue weighted by Crippen LogP contribution is -2.18. The zero-order valence-corrected chi connectivity index (χ0v) is 10.3. The molecule has 0 atom stereocenters. The molecule has 0 bridgehead atoms. The van der Waals surface area contributed by atoms with Crippen molar-refractivity contribution in [1.82, 2.24) is 9.78 Å². The van der Waals surface area contributed by atoms with E-state index in [1.165, 1.54) is 4.68 Å². The van der Waals surface area contributed by atoms with Gasteiger partial charge in [0.15, 0.2) is 0 Å². The Balaban J connectivity index is 2.35. The zero-order chi connectivity index (χ0) is 12.3. The zero-order valence-electron chi connectivity index (χ0n) is 9.52. The minimum atomic E-state index is -0.120. The third-order valence-electron chi connectivity index (χ3n) is 2.47. The number of aryl methyl sites for hydroxylation is 1. The molecule has 0 fully saturated rings. The normalized spacial score (nSPS) is 10.7. The summed E-state index contributed by atoms with van der Waals surface area (Å²) in [5.74, 6) is 1.25. The Bertz CT molecular complexity index is 580. The second-order valence-electron chi connectivity index (χ2n) is 3.71. The standard InChI is InChI=1S/C12H13ClN2O2/c1-15-12(16)11-7-10(17-6-2-5-13)4-3-9(11)8-14-15/h3-4,7-8H,2,5-6H2,1H3. The maximum absolute atomic E-state index is 11.8. The molecule has 0 saturated carbocycles. The maximum atomic E-state index is 11.8. The van der Waals surface area contributed by atoms with Gasteiger partial charge in [0, 0.05) is 18.3 Å². The van der Waals surface area contributed by atoms with Crippen molar-refractivity contribution in [1.29, 1.82) is 0 Å². The fourth-order valence-corrected chi connectivity index (χ4v) is 1.65. The number of hydrogen-bond donors (Lipinski definition) is 0. The predicted octanol–water partition coefficient (Wildman–Crippen LogP) is 1.94. The number of aromatic nitrogens is 2. The fraction of sp³-hybridized carbons (Fsp3) is 0.333. The van der Waals surface area contributed by atoms with Crippen molar-refractivity contribution in [2.45, 2.75) is 6.42 Å². The summed E-state index contributed by atoms with van der Waals surface area (Å²) >= 11 is 5.57. The highest BCUT2D eigenvalue weighted by Crippen LogP contribution is 2.17. The van der Waals surface area contributed by atoms with E-state index in [1.807, 2.05) is 12.1 Å². The number of ether oxygens (including phenoxy) is 1. The van der Waals surface area contributed by atoms with E-state index in [2.05, 4.69) is 5.10 Å². The maximum Gasteiger partial charge on any atom is 0.274 e. The van der Waals surface area contributed by atoms with E-state index in [0.717, 1.165) is 11.8 Å². The van der Waals surface area contributed by atoms with Gasteiger partial charge in [0.25, 0.3) is 5.56 Å². The fourth-order valence-electron chi connectivity index (χ4n) is 1.54. The van der Waals surface area contributed by atoms with Crippen LogP contribution in [0.4, 0.5) is 0 Å². The molecule has 90 valence electrons. The van der Waals surface area contributed by atoms with Crippen molar-refractivity contribution >= 4 is 22.4 Å². The first kappa shape index (κ1) is 11.9. The van der Waals surface area contributed by atoms with Gasteiger partial charge < -0.3 is 4.74 Å². The van der Waals surface area contributed by atoms with Crippen LogP contribution in [0.1, 0.15) is 6.42 Å². The molecule has 17 heavy (non-hydrogen) atoms. The molecule has 0 radical (unpaired) electrons. The Kier molecular flexibility index (Phi) is 3.64. The predicted molar refractivity (Wildman–Crippen MR) is 67.8 cm³/mol. The lowest BCUT2D eigenvalue weighted by Gasteiger charge is -2.06. The van der Waals surface area contributed by atoms with Crippen molar-refractivity contribution in [3.8, 4) is 5.75 Å². The van der Waals surface area contributed by atoms with Crippen molar-refractivity contribution in [2.24, 2.45) is 7.05 Å². The summed E-state index contributed by atoms with van der Waals surface area (Å²) in [4.78, 5) is 11.8. The van der Waals surface area contributed by atoms with E-state index >= 15 is 0 Å². The Morgan fingerprint density at radius 3 is 3.06 bits per heavy atom. The molecule has 0 aliphatic carbocycles. The summed E-state index contributed by atoms with van der Waals surface area (Å²) < 4.78 is 6.81. The molecule has 0 unspecified atom stereocenters. The SMILES string of the molecule is Cn1ncc2ccc(OCCCCl)cc2c1=O. The molecule has 1 heterocycles. The highest BCUT2D eigenvalue weighted by Gasteiger charge is 2.03. The summed E-state index contributed by atoms with van der Waals surface area (Å²) in [7, 11) is 1.63. The van der Waals surface area contributed by atoms with Gasteiger partial charge in [0.05, 0.1) is 18.2 Å². The number of hydrogen-bond acceptors (Lipinski definition) is 3. The quantitative estimate of drug-likeness (QED) is 0.617. The van der Waals surface area contributed by atoms with Crippen molar-refractivity contribution < 1.29 is 4.74 Å². The smallest absolute Gasteiger partial charge is 0.274 e. The molecule has 0 amide bonds. The lowest BCUT2D eigenvalue weighted by molar-refractivity contribution is 0.319. The number of nitrogens with zero attached hydrogens (tertiary/aromatic N) is 2. The average Bonchev–Trinajstić information content (AvgIpc) is 2.35. The summed E-state index contributed by atoms with van der Waals surface area (Å²) in [6.45, 7) is 0.556. The molecule has 0 aliphatic heterocycles. The summed E-state index contributed by atoms with van der Waals surface area (Å²) in [5, 5.41) is 5.39. The van der Waals surface area contributed by atoms with Crippen LogP contribution in [-0.4, -0.2) is 22.3 Å². The van der Waals surface area contributed by atoms with Crippen LogP contribution in [0.2, 0.25) is 0 Å². The Morgan fingerprint density at radius 1 is 1.47 bits per heavy atom. The summed E-state index contributed by atoms with van der Waals surface area (Å²) in [6.07, 6.45) is 2.45. The molecular weight excluding hydrogens is 240 g/mol.